The highest BCUT2D eigenvalue weighted by Crippen LogP contribution is 2.29. The lowest BCUT2D eigenvalue weighted by molar-refractivity contribution is 0.102. The van der Waals surface area contributed by atoms with Crippen LogP contribution in [0.5, 0.6) is 11.5 Å². The number of carbonyl (C=O) groups is 1. The fourth-order valence-corrected chi connectivity index (χ4v) is 3.53. The Balaban J connectivity index is 2.02. The van der Waals surface area contributed by atoms with Crippen molar-refractivity contribution in [2.24, 2.45) is 4.99 Å². The van der Waals surface area contributed by atoms with E-state index < -0.39 is 0 Å². The molecule has 0 aromatic heterocycles. The quantitative estimate of drug-likeness (QED) is 0.782. The first-order valence-electron chi connectivity index (χ1n) is 5.80. The Kier molecular flexibility index (Phi) is 5.15. The van der Waals surface area contributed by atoms with Gasteiger partial charge in [0.2, 0.25) is 0 Å². The van der Waals surface area contributed by atoms with Crippen molar-refractivity contribution in [3.63, 3.8) is 0 Å². The average Bonchev–Trinajstić information content (AvgIpc) is 2.97. The maximum Gasteiger partial charge on any atom is 0.173 e. The molecule has 6 heteroatoms. The molecule has 1 aliphatic heterocycles. The first kappa shape index (κ1) is 14.3. The minimum Gasteiger partial charge on any atom is -0.493 e. The Hall–Kier alpha value is -1.14. The van der Waals surface area contributed by atoms with Crippen molar-refractivity contribution in [1.82, 2.24) is 0 Å². The number of aliphatic imine (C=N–C) groups is 1. The minimum absolute atomic E-state index is 0.0705. The van der Waals surface area contributed by atoms with Gasteiger partial charge in [0.15, 0.2) is 17.3 Å². The molecule has 0 radical (unpaired) electrons. The van der Waals surface area contributed by atoms with Crippen LogP contribution in [0.25, 0.3) is 0 Å². The zero-order valence-corrected chi connectivity index (χ0v) is 12.5. The molecule has 1 heterocycles. The van der Waals surface area contributed by atoms with Gasteiger partial charge in [-0.25, -0.2) is 0 Å². The van der Waals surface area contributed by atoms with Gasteiger partial charge in [-0.05, 0) is 18.2 Å². The molecule has 0 spiro atoms. The Bertz CT molecular complexity index is 503. The van der Waals surface area contributed by atoms with Crippen LogP contribution in [0.4, 0.5) is 0 Å². The largest absolute Gasteiger partial charge is 0.493 e. The van der Waals surface area contributed by atoms with Crippen LogP contribution in [-0.2, 0) is 0 Å². The van der Waals surface area contributed by atoms with E-state index in [9.17, 15) is 4.79 Å². The molecule has 1 aromatic carbocycles. The van der Waals surface area contributed by atoms with Gasteiger partial charge in [-0.1, -0.05) is 23.5 Å². The van der Waals surface area contributed by atoms with Gasteiger partial charge in [-0.15, -0.1) is 0 Å². The summed E-state index contributed by atoms with van der Waals surface area (Å²) in [5, 5.41) is 0. The third-order valence-corrected chi connectivity index (χ3v) is 4.84. The first-order valence-corrected chi connectivity index (χ1v) is 7.77. The fourth-order valence-electron chi connectivity index (χ4n) is 1.62. The predicted molar refractivity (Wildman–Crippen MR) is 81.1 cm³/mol. The standard InChI is InChI=1S/C13H15NO3S2/c1-16-11-4-3-9(7-12(11)17-2)10(15)8-19-13-14-5-6-18-13/h3-4,7H,5-6,8H2,1-2H3. The Morgan fingerprint density at radius 3 is 2.79 bits per heavy atom. The second-order valence-corrected chi connectivity index (χ2v) is 6.08. The molecule has 0 fully saturated rings. The summed E-state index contributed by atoms with van der Waals surface area (Å²) in [6, 6.07) is 5.22. The summed E-state index contributed by atoms with van der Waals surface area (Å²) in [4.78, 5) is 16.4. The SMILES string of the molecule is COc1ccc(C(=O)CSC2=NCCS2)cc1OC. The van der Waals surface area contributed by atoms with Crippen molar-refractivity contribution >= 4 is 33.7 Å². The fraction of sp³-hybridized carbons (Fsp3) is 0.385. The van der Waals surface area contributed by atoms with Gasteiger partial charge in [-0.2, -0.15) is 0 Å². The Labute approximate surface area is 121 Å². The molecule has 4 nitrogen and oxygen atoms in total. The van der Waals surface area contributed by atoms with Crippen LogP contribution in [0.3, 0.4) is 0 Å². The normalized spacial score (nSPS) is 14.1. The summed E-state index contributed by atoms with van der Waals surface area (Å²) in [6.07, 6.45) is 0. The van der Waals surface area contributed by atoms with Crippen LogP contribution >= 0.6 is 23.5 Å². The molecule has 102 valence electrons. The van der Waals surface area contributed by atoms with E-state index in [0.29, 0.717) is 22.8 Å². The number of carbonyl (C=O) groups excluding carboxylic acids is 1. The number of hydrogen-bond acceptors (Lipinski definition) is 6. The molecule has 0 saturated carbocycles. The van der Waals surface area contributed by atoms with Gasteiger partial charge < -0.3 is 9.47 Å². The summed E-state index contributed by atoms with van der Waals surface area (Å²) in [6.45, 7) is 0.859. The van der Waals surface area contributed by atoms with Crippen LogP contribution < -0.4 is 9.47 Å². The van der Waals surface area contributed by atoms with Gasteiger partial charge >= 0.3 is 0 Å². The third-order valence-electron chi connectivity index (χ3n) is 2.59. The summed E-state index contributed by atoms with van der Waals surface area (Å²) in [5.41, 5.74) is 0.633. The second-order valence-electron chi connectivity index (χ2n) is 3.78. The summed E-state index contributed by atoms with van der Waals surface area (Å²) < 4.78 is 11.3. The highest BCUT2D eigenvalue weighted by atomic mass is 32.2. The van der Waals surface area contributed by atoms with E-state index in [2.05, 4.69) is 4.99 Å². The number of hydrogen-bond donors (Lipinski definition) is 0. The van der Waals surface area contributed by atoms with Crippen molar-refractivity contribution in [3.05, 3.63) is 23.8 Å². The van der Waals surface area contributed by atoms with Crippen LogP contribution in [0, 0.1) is 0 Å². The van der Waals surface area contributed by atoms with Crippen molar-refractivity contribution < 1.29 is 14.3 Å². The molecule has 0 unspecified atom stereocenters. The molecule has 0 atom stereocenters. The third kappa shape index (κ3) is 3.67. The topological polar surface area (TPSA) is 47.9 Å². The van der Waals surface area contributed by atoms with E-state index in [1.807, 2.05) is 0 Å². The predicted octanol–water partition coefficient (Wildman–Crippen LogP) is 2.72. The molecule has 2 rings (SSSR count). The number of methoxy groups -OCH3 is 2. The first-order chi connectivity index (χ1) is 9.24. The van der Waals surface area contributed by atoms with Crippen LogP contribution in [0.15, 0.2) is 23.2 Å². The van der Waals surface area contributed by atoms with Crippen LogP contribution in [0.1, 0.15) is 10.4 Å². The van der Waals surface area contributed by atoms with Crippen molar-refractivity contribution in [2.75, 3.05) is 32.3 Å². The summed E-state index contributed by atoms with van der Waals surface area (Å²) in [7, 11) is 3.13. The van der Waals surface area contributed by atoms with Crippen LogP contribution in [-0.4, -0.2) is 42.4 Å². The zero-order valence-electron chi connectivity index (χ0n) is 10.8. The van der Waals surface area contributed by atoms with Crippen molar-refractivity contribution in [3.8, 4) is 11.5 Å². The molecule has 0 bridgehead atoms. The number of thioether (sulfide) groups is 2. The number of Topliss-reactive ketones (excluding diaryl/α,β-unsaturated/α-hetero) is 1. The van der Waals surface area contributed by atoms with E-state index in [1.54, 1.807) is 44.2 Å². The molecule has 1 aromatic rings. The molecule has 1 aliphatic rings. The lowest BCUT2D eigenvalue weighted by atomic mass is 10.1. The molecule has 19 heavy (non-hydrogen) atoms. The molecule has 0 N–H and O–H groups in total. The van der Waals surface area contributed by atoms with E-state index in [1.165, 1.54) is 11.8 Å². The Morgan fingerprint density at radius 2 is 2.16 bits per heavy atom. The lowest BCUT2D eigenvalue weighted by Crippen LogP contribution is -2.04. The van der Waals surface area contributed by atoms with E-state index in [0.717, 1.165) is 16.7 Å². The molecule has 0 saturated heterocycles. The molecule has 0 aliphatic carbocycles. The number of ether oxygens (including phenoxy) is 2. The molecular formula is C13H15NO3S2. The molecular weight excluding hydrogens is 282 g/mol. The van der Waals surface area contributed by atoms with Gasteiger partial charge in [0, 0.05) is 11.3 Å². The van der Waals surface area contributed by atoms with Gasteiger partial charge in [0.25, 0.3) is 0 Å². The van der Waals surface area contributed by atoms with Crippen molar-refractivity contribution in [1.29, 1.82) is 0 Å². The molecule has 0 amide bonds. The highest BCUT2D eigenvalue weighted by Gasteiger charge is 2.14. The maximum atomic E-state index is 12.1. The minimum atomic E-state index is 0.0705. The zero-order chi connectivity index (χ0) is 13.7. The van der Waals surface area contributed by atoms with Gasteiger partial charge in [-0.3, -0.25) is 9.79 Å². The highest BCUT2D eigenvalue weighted by molar-refractivity contribution is 8.39. The van der Waals surface area contributed by atoms with E-state index in [-0.39, 0.29) is 5.78 Å². The number of benzene rings is 1. The van der Waals surface area contributed by atoms with Gasteiger partial charge in [0.1, 0.15) is 4.38 Å². The summed E-state index contributed by atoms with van der Waals surface area (Å²) in [5.74, 6) is 2.70. The summed E-state index contributed by atoms with van der Waals surface area (Å²) >= 11 is 3.21. The monoisotopic (exact) mass is 297 g/mol. The van der Waals surface area contributed by atoms with Gasteiger partial charge in [0.05, 0.1) is 26.5 Å². The van der Waals surface area contributed by atoms with E-state index in [4.69, 9.17) is 9.47 Å². The van der Waals surface area contributed by atoms with E-state index >= 15 is 0 Å². The van der Waals surface area contributed by atoms with Crippen molar-refractivity contribution in [2.45, 2.75) is 0 Å². The van der Waals surface area contributed by atoms with Crippen LogP contribution in [0.2, 0.25) is 0 Å². The maximum absolute atomic E-state index is 12.1. The average molecular weight is 297 g/mol. The smallest absolute Gasteiger partial charge is 0.173 e. The lowest BCUT2D eigenvalue weighted by Gasteiger charge is -2.08. The second kappa shape index (κ2) is 6.86. The number of ketones is 1. The Morgan fingerprint density at radius 1 is 1.37 bits per heavy atom. The number of nitrogens with zero attached hydrogens (tertiary/aromatic N) is 1. The number of rotatable bonds is 5.